The molecular weight excluding hydrogens is 406 g/mol. The van der Waals surface area contributed by atoms with Gasteiger partial charge in [-0.2, -0.15) is 0 Å². The number of anilines is 2. The molecule has 3 aromatic carbocycles. The molecule has 1 unspecified atom stereocenters. The normalized spacial score (nSPS) is 14.2. The van der Waals surface area contributed by atoms with E-state index in [1.165, 1.54) is 16.7 Å². The van der Waals surface area contributed by atoms with E-state index in [0.717, 1.165) is 35.7 Å². The van der Waals surface area contributed by atoms with E-state index in [2.05, 4.69) is 108 Å². The highest BCUT2D eigenvalue weighted by Crippen LogP contribution is 2.42. The van der Waals surface area contributed by atoms with Gasteiger partial charge in [-0.25, -0.2) is 0 Å². The first kappa shape index (κ1) is 23.2. The minimum atomic E-state index is 0.110. The van der Waals surface area contributed by atoms with E-state index in [1.54, 1.807) is 0 Å². The molecule has 0 aromatic heterocycles. The molecule has 1 aliphatic heterocycles. The number of rotatable bonds is 6. The molecule has 1 aliphatic rings. The number of benzene rings is 3. The molecule has 0 radical (unpaired) electrons. The lowest BCUT2D eigenvalue weighted by molar-refractivity contribution is 0.174. The van der Waals surface area contributed by atoms with Gasteiger partial charge in [-0.3, -0.25) is 0 Å². The molecule has 3 heteroatoms. The van der Waals surface area contributed by atoms with Gasteiger partial charge < -0.3 is 14.8 Å². The molecule has 33 heavy (non-hydrogen) atoms. The second-order valence-electron chi connectivity index (χ2n) is 11.5. The fraction of sp³-hybridized carbons (Fsp3) is 0.400. The van der Waals surface area contributed by atoms with Crippen molar-refractivity contribution in [3.05, 3.63) is 83.4 Å². The summed E-state index contributed by atoms with van der Waals surface area (Å²) in [4.78, 5) is 0. The van der Waals surface area contributed by atoms with Gasteiger partial charge in [0.25, 0.3) is 0 Å². The van der Waals surface area contributed by atoms with Crippen molar-refractivity contribution in [1.82, 2.24) is 0 Å². The first-order chi connectivity index (χ1) is 15.6. The van der Waals surface area contributed by atoms with Crippen LogP contribution in [0.3, 0.4) is 0 Å². The zero-order chi connectivity index (χ0) is 23.6. The van der Waals surface area contributed by atoms with E-state index in [1.807, 2.05) is 6.07 Å². The average Bonchev–Trinajstić information content (AvgIpc) is 3.18. The average molecular weight is 444 g/mol. The highest BCUT2D eigenvalue weighted by molar-refractivity contribution is 5.61. The molecule has 1 N–H and O–H groups in total. The highest BCUT2D eigenvalue weighted by Gasteiger charge is 2.28. The zero-order valence-corrected chi connectivity index (χ0v) is 20.9. The standard InChI is InChI=1S/C30H37NO2/c1-29(2,3)19-22-10-8-12-25(16-22)31-24-11-7-9-21(15-24)17-26(30(4,5)6)23-13-14-27-28(18-23)33-20-32-27/h7-16,18,26,31H,17,19-20H2,1-6H3. The number of hydrogen-bond acceptors (Lipinski definition) is 3. The summed E-state index contributed by atoms with van der Waals surface area (Å²) in [5.74, 6) is 2.05. The van der Waals surface area contributed by atoms with Crippen LogP contribution in [0, 0.1) is 10.8 Å². The smallest absolute Gasteiger partial charge is 0.231 e. The Morgan fingerprint density at radius 3 is 2.06 bits per heavy atom. The Hall–Kier alpha value is -2.94. The molecule has 4 rings (SSSR count). The van der Waals surface area contributed by atoms with E-state index in [9.17, 15) is 0 Å². The maximum absolute atomic E-state index is 5.65. The van der Waals surface area contributed by atoms with Crippen LogP contribution >= 0.6 is 0 Å². The van der Waals surface area contributed by atoms with Crippen LogP contribution in [0.4, 0.5) is 11.4 Å². The SMILES string of the molecule is CC(C)(C)Cc1cccc(Nc2cccc(CC(c3ccc4c(c3)OCO4)C(C)(C)C)c2)c1. The molecule has 3 nitrogen and oxygen atoms in total. The van der Waals surface area contributed by atoms with Crippen LogP contribution in [0.25, 0.3) is 0 Å². The Morgan fingerprint density at radius 1 is 0.758 bits per heavy atom. The summed E-state index contributed by atoms with van der Waals surface area (Å²) in [6, 6.07) is 23.9. The fourth-order valence-electron chi connectivity index (χ4n) is 4.60. The van der Waals surface area contributed by atoms with Crippen molar-refractivity contribution in [3.8, 4) is 11.5 Å². The molecule has 0 saturated carbocycles. The van der Waals surface area contributed by atoms with Crippen molar-refractivity contribution in [2.45, 2.75) is 60.3 Å². The lowest BCUT2D eigenvalue weighted by Gasteiger charge is -2.31. The third-order valence-electron chi connectivity index (χ3n) is 6.16. The monoisotopic (exact) mass is 443 g/mol. The van der Waals surface area contributed by atoms with Crippen LogP contribution in [-0.4, -0.2) is 6.79 Å². The van der Waals surface area contributed by atoms with E-state index < -0.39 is 0 Å². The second kappa shape index (κ2) is 9.13. The van der Waals surface area contributed by atoms with Crippen molar-refractivity contribution < 1.29 is 9.47 Å². The summed E-state index contributed by atoms with van der Waals surface area (Å²) in [6.07, 6.45) is 2.02. The second-order valence-corrected chi connectivity index (χ2v) is 11.5. The van der Waals surface area contributed by atoms with Gasteiger partial charge in [0.05, 0.1) is 0 Å². The van der Waals surface area contributed by atoms with Crippen LogP contribution in [0.5, 0.6) is 11.5 Å². The number of nitrogens with one attached hydrogen (secondary N) is 1. The molecule has 0 aliphatic carbocycles. The van der Waals surface area contributed by atoms with Gasteiger partial charge in [-0.1, -0.05) is 71.9 Å². The quantitative estimate of drug-likeness (QED) is 0.417. The first-order valence-corrected chi connectivity index (χ1v) is 11.9. The lowest BCUT2D eigenvalue weighted by Crippen LogP contribution is -2.20. The van der Waals surface area contributed by atoms with Gasteiger partial charge in [-0.15, -0.1) is 0 Å². The third kappa shape index (κ3) is 6.10. The predicted octanol–water partition coefficient (Wildman–Crippen LogP) is 8.12. The van der Waals surface area contributed by atoms with Crippen molar-refractivity contribution in [2.75, 3.05) is 12.1 Å². The summed E-state index contributed by atoms with van der Waals surface area (Å²) in [7, 11) is 0. The Labute approximate surface area is 199 Å². The molecule has 3 aromatic rings. The van der Waals surface area contributed by atoms with Gasteiger partial charge in [0.15, 0.2) is 11.5 Å². The van der Waals surface area contributed by atoms with Crippen LogP contribution < -0.4 is 14.8 Å². The molecule has 0 bridgehead atoms. The van der Waals surface area contributed by atoms with Crippen LogP contribution in [-0.2, 0) is 12.8 Å². The van der Waals surface area contributed by atoms with E-state index in [-0.39, 0.29) is 10.8 Å². The highest BCUT2D eigenvalue weighted by atomic mass is 16.7. The topological polar surface area (TPSA) is 30.5 Å². The molecule has 0 amide bonds. The summed E-state index contributed by atoms with van der Waals surface area (Å²) in [5.41, 5.74) is 6.62. The Morgan fingerprint density at radius 2 is 1.39 bits per heavy atom. The van der Waals surface area contributed by atoms with Crippen molar-refractivity contribution >= 4 is 11.4 Å². The number of fused-ring (bicyclic) bond motifs is 1. The molecule has 1 atom stereocenters. The van der Waals surface area contributed by atoms with Crippen LogP contribution in [0.15, 0.2) is 66.7 Å². The summed E-state index contributed by atoms with van der Waals surface area (Å²) in [5, 5.41) is 3.62. The molecule has 0 spiro atoms. The molecule has 174 valence electrons. The maximum atomic E-state index is 5.65. The minimum absolute atomic E-state index is 0.110. The number of ether oxygens (including phenoxy) is 2. The summed E-state index contributed by atoms with van der Waals surface area (Å²) in [6.45, 7) is 14.1. The van der Waals surface area contributed by atoms with Crippen molar-refractivity contribution in [1.29, 1.82) is 0 Å². The summed E-state index contributed by atoms with van der Waals surface area (Å²) < 4.78 is 11.2. The summed E-state index contributed by atoms with van der Waals surface area (Å²) >= 11 is 0. The van der Waals surface area contributed by atoms with E-state index in [0.29, 0.717) is 12.7 Å². The van der Waals surface area contributed by atoms with Gasteiger partial charge >= 0.3 is 0 Å². The lowest BCUT2D eigenvalue weighted by atomic mass is 9.73. The number of hydrogen-bond donors (Lipinski definition) is 1. The van der Waals surface area contributed by atoms with Gasteiger partial charge in [0.1, 0.15) is 0 Å². The Balaban J connectivity index is 1.54. The molecule has 0 fully saturated rings. The largest absolute Gasteiger partial charge is 0.454 e. The van der Waals surface area contributed by atoms with Crippen molar-refractivity contribution in [2.24, 2.45) is 10.8 Å². The molecular formula is C30H37NO2. The predicted molar refractivity (Wildman–Crippen MR) is 138 cm³/mol. The van der Waals surface area contributed by atoms with Crippen LogP contribution in [0.1, 0.15) is 64.2 Å². The zero-order valence-electron chi connectivity index (χ0n) is 20.9. The van der Waals surface area contributed by atoms with Gasteiger partial charge in [0.2, 0.25) is 6.79 Å². The maximum Gasteiger partial charge on any atom is 0.231 e. The van der Waals surface area contributed by atoms with Crippen LogP contribution in [0.2, 0.25) is 0 Å². The van der Waals surface area contributed by atoms with Gasteiger partial charge in [0, 0.05) is 11.4 Å². The van der Waals surface area contributed by atoms with E-state index in [4.69, 9.17) is 9.47 Å². The molecule has 0 saturated heterocycles. The Bertz CT molecular complexity index is 1100. The minimum Gasteiger partial charge on any atom is -0.454 e. The molecule has 1 heterocycles. The van der Waals surface area contributed by atoms with Crippen molar-refractivity contribution in [3.63, 3.8) is 0 Å². The fourth-order valence-corrected chi connectivity index (χ4v) is 4.60. The van der Waals surface area contributed by atoms with E-state index >= 15 is 0 Å². The van der Waals surface area contributed by atoms with Gasteiger partial charge in [-0.05, 0) is 82.7 Å². The first-order valence-electron chi connectivity index (χ1n) is 11.9. The Kier molecular flexibility index (Phi) is 6.43. The third-order valence-corrected chi connectivity index (χ3v) is 6.16.